The fourth-order valence-electron chi connectivity index (χ4n) is 3.90. The highest BCUT2D eigenvalue weighted by Gasteiger charge is 2.33. The molecule has 2 aliphatic rings. The maximum absolute atomic E-state index is 13.1. The van der Waals surface area contributed by atoms with Gasteiger partial charge in [0.15, 0.2) is 0 Å². The van der Waals surface area contributed by atoms with Crippen molar-refractivity contribution in [1.82, 2.24) is 20.1 Å². The predicted molar refractivity (Wildman–Crippen MR) is 109 cm³/mol. The lowest BCUT2D eigenvalue weighted by Crippen LogP contribution is -2.55. The van der Waals surface area contributed by atoms with Crippen LogP contribution in [0.15, 0.2) is 23.7 Å². The molecule has 0 spiro atoms. The summed E-state index contributed by atoms with van der Waals surface area (Å²) in [5.41, 5.74) is 4.29. The van der Waals surface area contributed by atoms with Crippen LogP contribution in [0.1, 0.15) is 45.9 Å². The number of nitrogens with one attached hydrogen (secondary N) is 1. The van der Waals surface area contributed by atoms with Crippen LogP contribution in [0.3, 0.4) is 0 Å². The molecule has 2 aromatic heterocycles. The third kappa shape index (κ3) is 3.69. The molecule has 1 fully saturated rings. The van der Waals surface area contributed by atoms with Crippen LogP contribution in [0.4, 0.5) is 0 Å². The van der Waals surface area contributed by atoms with E-state index < -0.39 is 6.04 Å². The predicted octanol–water partition coefficient (Wildman–Crippen LogP) is 2.22. The van der Waals surface area contributed by atoms with Gasteiger partial charge < -0.3 is 10.2 Å². The summed E-state index contributed by atoms with van der Waals surface area (Å²) in [6, 6.07) is 3.85. The highest BCUT2D eigenvalue weighted by molar-refractivity contribution is 7.10. The molecular formula is C21H26N4O2S. The van der Waals surface area contributed by atoms with E-state index in [9.17, 15) is 9.59 Å². The molecule has 7 heteroatoms. The third-order valence-corrected chi connectivity index (χ3v) is 6.71. The van der Waals surface area contributed by atoms with Crippen molar-refractivity contribution < 1.29 is 9.59 Å². The first-order chi connectivity index (χ1) is 13.6. The van der Waals surface area contributed by atoms with Crippen molar-refractivity contribution in [1.29, 1.82) is 0 Å². The number of aromatic nitrogens is 1. The summed E-state index contributed by atoms with van der Waals surface area (Å²) in [4.78, 5) is 34.9. The Bertz CT molecular complexity index is 877. The Labute approximate surface area is 169 Å². The molecule has 0 saturated carbocycles. The van der Waals surface area contributed by atoms with Crippen molar-refractivity contribution in [2.45, 2.75) is 45.8 Å². The van der Waals surface area contributed by atoms with E-state index in [2.05, 4.69) is 34.3 Å². The molecule has 28 heavy (non-hydrogen) atoms. The highest BCUT2D eigenvalue weighted by Crippen LogP contribution is 2.30. The SMILES string of the molecule is CCc1ccc(CN2CCc3c(C(=O)N4CCNC(=O)[C@@H]4C)csc3C2)nc1. The minimum Gasteiger partial charge on any atom is -0.353 e. The fourth-order valence-corrected chi connectivity index (χ4v) is 5.01. The van der Waals surface area contributed by atoms with E-state index in [1.807, 2.05) is 11.6 Å². The summed E-state index contributed by atoms with van der Waals surface area (Å²) in [5, 5.41) is 4.79. The normalized spacial score (nSPS) is 20.0. The van der Waals surface area contributed by atoms with Crippen molar-refractivity contribution in [3.63, 3.8) is 0 Å². The van der Waals surface area contributed by atoms with E-state index in [4.69, 9.17) is 0 Å². The van der Waals surface area contributed by atoms with Gasteiger partial charge in [-0.1, -0.05) is 13.0 Å². The van der Waals surface area contributed by atoms with Crippen LogP contribution in [0.25, 0.3) is 0 Å². The van der Waals surface area contributed by atoms with Crippen LogP contribution >= 0.6 is 11.3 Å². The van der Waals surface area contributed by atoms with E-state index in [1.54, 1.807) is 23.2 Å². The quantitative estimate of drug-likeness (QED) is 0.858. The second kappa shape index (κ2) is 8.01. The average molecular weight is 399 g/mol. The number of amides is 2. The molecule has 0 aromatic carbocycles. The van der Waals surface area contributed by atoms with Crippen LogP contribution in [0.5, 0.6) is 0 Å². The number of piperazine rings is 1. The molecule has 0 radical (unpaired) electrons. The second-order valence-corrected chi connectivity index (χ2v) is 8.45. The van der Waals surface area contributed by atoms with E-state index >= 15 is 0 Å². The fraction of sp³-hybridized carbons (Fsp3) is 0.476. The summed E-state index contributed by atoms with van der Waals surface area (Å²) in [7, 11) is 0. The summed E-state index contributed by atoms with van der Waals surface area (Å²) in [5.74, 6) is -0.0819. The number of pyridine rings is 1. The summed E-state index contributed by atoms with van der Waals surface area (Å²) in [6.07, 6.45) is 3.83. The number of thiophene rings is 1. The van der Waals surface area contributed by atoms with Crippen LogP contribution in [-0.2, 0) is 30.7 Å². The lowest BCUT2D eigenvalue weighted by molar-refractivity contribution is -0.127. The van der Waals surface area contributed by atoms with Crippen molar-refractivity contribution >= 4 is 23.2 Å². The van der Waals surface area contributed by atoms with Gasteiger partial charge in [0, 0.05) is 49.2 Å². The van der Waals surface area contributed by atoms with Crippen LogP contribution in [0.2, 0.25) is 0 Å². The van der Waals surface area contributed by atoms with Crippen molar-refractivity contribution in [2.75, 3.05) is 19.6 Å². The number of fused-ring (bicyclic) bond motifs is 1. The molecule has 2 aromatic rings. The third-order valence-electron chi connectivity index (χ3n) is 5.70. The van der Waals surface area contributed by atoms with Gasteiger partial charge in [-0.25, -0.2) is 0 Å². The van der Waals surface area contributed by atoms with Gasteiger partial charge in [0.25, 0.3) is 5.91 Å². The molecule has 6 nitrogen and oxygen atoms in total. The number of hydrogen-bond donors (Lipinski definition) is 1. The van der Waals surface area contributed by atoms with Gasteiger partial charge in [0.2, 0.25) is 5.91 Å². The highest BCUT2D eigenvalue weighted by atomic mass is 32.1. The Morgan fingerprint density at radius 1 is 1.36 bits per heavy atom. The van der Waals surface area contributed by atoms with Crippen molar-refractivity contribution in [3.05, 3.63) is 51.0 Å². The Balaban J connectivity index is 1.45. The van der Waals surface area contributed by atoms with Gasteiger partial charge in [-0.2, -0.15) is 0 Å². The van der Waals surface area contributed by atoms with Gasteiger partial charge in [-0.15, -0.1) is 11.3 Å². The van der Waals surface area contributed by atoms with Crippen LogP contribution in [-0.4, -0.2) is 52.3 Å². The van der Waals surface area contributed by atoms with Gasteiger partial charge in [0.1, 0.15) is 6.04 Å². The molecule has 0 aliphatic carbocycles. The molecular weight excluding hydrogens is 372 g/mol. The van der Waals surface area contributed by atoms with Crippen LogP contribution in [0, 0.1) is 0 Å². The van der Waals surface area contributed by atoms with Crippen LogP contribution < -0.4 is 5.32 Å². The number of nitrogens with zero attached hydrogens (tertiary/aromatic N) is 3. The average Bonchev–Trinajstić information content (AvgIpc) is 3.13. The number of carbonyl (C=O) groups is 2. The Morgan fingerprint density at radius 3 is 2.96 bits per heavy atom. The monoisotopic (exact) mass is 398 g/mol. The lowest BCUT2D eigenvalue weighted by Gasteiger charge is -2.33. The topological polar surface area (TPSA) is 65.5 Å². The van der Waals surface area contributed by atoms with E-state index in [-0.39, 0.29) is 11.8 Å². The van der Waals surface area contributed by atoms with Gasteiger partial charge in [-0.05, 0) is 37.0 Å². The zero-order chi connectivity index (χ0) is 19.7. The molecule has 0 bridgehead atoms. The second-order valence-electron chi connectivity index (χ2n) is 7.49. The standard InChI is InChI=1S/C21H26N4O2S/c1-3-15-4-5-16(23-10-15)11-24-8-6-17-18(13-28-19(17)12-24)21(27)25-9-7-22-20(26)14(25)2/h4-5,10,13-14H,3,6-9,11-12H2,1-2H3,(H,22,26)/t14-/m0/s1. The molecule has 1 saturated heterocycles. The molecule has 0 unspecified atom stereocenters. The van der Waals surface area contributed by atoms with E-state index in [1.165, 1.54) is 16.0 Å². The lowest BCUT2D eigenvalue weighted by atomic mass is 10.0. The summed E-state index contributed by atoms with van der Waals surface area (Å²) in [6.45, 7) is 7.62. The molecule has 1 N–H and O–H groups in total. The Kier molecular flexibility index (Phi) is 5.46. The molecule has 4 rings (SSSR count). The number of hydrogen-bond acceptors (Lipinski definition) is 5. The largest absolute Gasteiger partial charge is 0.353 e. The number of aryl methyl sites for hydroxylation is 1. The van der Waals surface area contributed by atoms with E-state index in [0.717, 1.165) is 43.7 Å². The maximum Gasteiger partial charge on any atom is 0.255 e. The Morgan fingerprint density at radius 2 is 2.21 bits per heavy atom. The number of rotatable bonds is 4. The minimum absolute atomic E-state index is 0.00915. The summed E-state index contributed by atoms with van der Waals surface area (Å²) < 4.78 is 0. The van der Waals surface area contributed by atoms with Gasteiger partial charge >= 0.3 is 0 Å². The zero-order valence-electron chi connectivity index (χ0n) is 16.4. The first-order valence-electron chi connectivity index (χ1n) is 9.91. The minimum atomic E-state index is -0.408. The number of carbonyl (C=O) groups excluding carboxylic acids is 2. The van der Waals surface area contributed by atoms with Crippen molar-refractivity contribution in [3.8, 4) is 0 Å². The first-order valence-corrected chi connectivity index (χ1v) is 10.8. The maximum atomic E-state index is 13.1. The van der Waals surface area contributed by atoms with Crippen molar-refractivity contribution in [2.24, 2.45) is 0 Å². The smallest absolute Gasteiger partial charge is 0.255 e. The molecule has 2 aliphatic heterocycles. The Hall–Kier alpha value is -2.25. The summed E-state index contributed by atoms with van der Waals surface area (Å²) >= 11 is 1.66. The first kappa shape index (κ1) is 19.1. The zero-order valence-corrected chi connectivity index (χ0v) is 17.2. The van der Waals surface area contributed by atoms with Gasteiger partial charge in [0.05, 0.1) is 11.3 Å². The molecule has 4 heterocycles. The molecule has 148 valence electrons. The van der Waals surface area contributed by atoms with E-state index in [0.29, 0.717) is 13.1 Å². The van der Waals surface area contributed by atoms with Gasteiger partial charge in [-0.3, -0.25) is 19.5 Å². The molecule has 1 atom stereocenters. The molecule has 2 amide bonds.